The van der Waals surface area contributed by atoms with Crippen LogP contribution < -0.4 is 0 Å². The largest absolute Gasteiger partial charge is 0.381 e. The van der Waals surface area contributed by atoms with E-state index < -0.39 is 0 Å². The first-order chi connectivity index (χ1) is 11.2. The van der Waals surface area contributed by atoms with Crippen molar-refractivity contribution in [2.24, 2.45) is 5.41 Å². The number of nitrogens with zero attached hydrogens (tertiary/aromatic N) is 3. The van der Waals surface area contributed by atoms with Crippen LogP contribution in [0.15, 0.2) is 12.4 Å². The average molecular weight is 319 g/mol. The molecule has 0 aromatic carbocycles. The van der Waals surface area contributed by atoms with E-state index in [2.05, 4.69) is 21.4 Å². The van der Waals surface area contributed by atoms with E-state index in [0.717, 1.165) is 44.7 Å². The molecule has 0 unspecified atom stereocenters. The lowest BCUT2D eigenvalue weighted by molar-refractivity contribution is -0.137. The number of rotatable bonds is 5. The second-order valence-corrected chi connectivity index (χ2v) is 7.04. The summed E-state index contributed by atoms with van der Waals surface area (Å²) in [5, 5.41) is 0. The van der Waals surface area contributed by atoms with Gasteiger partial charge >= 0.3 is 0 Å². The molecule has 5 nitrogen and oxygen atoms in total. The first-order valence-corrected chi connectivity index (χ1v) is 8.99. The number of piperidine rings is 1. The van der Waals surface area contributed by atoms with Crippen LogP contribution in [0.5, 0.6) is 0 Å². The first kappa shape index (κ1) is 16.5. The minimum Gasteiger partial charge on any atom is -0.381 e. The molecule has 2 fully saturated rings. The third kappa shape index (κ3) is 3.30. The predicted molar refractivity (Wildman–Crippen MR) is 89.1 cm³/mol. The van der Waals surface area contributed by atoms with Crippen molar-refractivity contribution < 1.29 is 9.53 Å². The zero-order chi connectivity index (χ0) is 16.3. The van der Waals surface area contributed by atoms with E-state index in [1.54, 1.807) is 0 Å². The van der Waals surface area contributed by atoms with Crippen LogP contribution in [0.25, 0.3) is 0 Å². The van der Waals surface area contributed by atoms with Crippen molar-refractivity contribution in [2.75, 3.05) is 20.2 Å². The van der Waals surface area contributed by atoms with Gasteiger partial charge in [-0.3, -0.25) is 4.79 Å². The van der Waals surface area contributed by atoms with Crippen molar-refractivity contribution in [1.29, 1.82) is 0 Å². The summed E-state index contributed by atoms with van der Waals surface area (Å²) in [6.45, 7) is 4.62. The number of ether oxygens (including phenoxy) is 1. The number of aryl methyl sites for hydroxylation is 2. The molecular formula is C18H29N3O2. The molecule has 23 heavy (non-hydrogen) atoms. The highest BCUT2D eigenvalue weighted by Crippen LogP contribution is 2.46. The molecule has 1 saturated heterocycles. The van der Waals surface area contributed by atoms with Gasteiger partial charge in [-0.25, -0.2) is 4.98 Å². The number of methoxy groups -OCH3 is 1. The maximum absolute atomic E-state index is 12.7. The number of amides is 1. The molecule has 0 radical (unpaired) electrons. The van der Waals surface area contributed by atoms with Crippen molar-refractivity contribution in [1.82, 2.24) is 14.5 Å². The second-order valence-electron chi connectivity index (χ2n) is 7.04. The van der Waals surface area contributed by atoms with Gasteiger partial charge in [0.15, 0.2) is 0 Å². The molecule has 1 aliphatic carbocycles. The molecule has 2 atom stereocenters. The summed E-state index contributed by atoms with van der Waals surface area (Å²) in [6.07, 6.45) is 11.5. The van der Waals surface area contributed by atoms with Crippen LogP contribution in [0.1, 0.15) is 51.3 Å². The summed E-state index contributed by atoms with van der Waals surface area (Å²) in [7, 11) is 1.82. The maximum Gasteiger partial charge on any atom is 0.224 e. The Morgan fingerprint density at radius 3 is 3.04 bits per heavy atom. The van der Waals surface area contributed by atoms with Gasteiger partial charge in [-0.15, -0.1) is 0 Å². The van der Waals surface area contributed by atoms with Gasteiger partial charge in [0.1, 0.15) is 5.82 Å². The van der Waals surface area contributed by atoms with Gasteiger partial charge in [-0.1, -0.05) is 13.3 Å². The number of hydrogen-bond donors (Lipinski definition) is 0. The molecule has 1 saturated carbocycles. The SMILES string of the molecule is CCc1nccn1CCC(=O)N1CCC[C@]2(CCC[C@H]2OC)C1. The van der Waals surface area contributed by atoms with Crippen LogP contribution in [-0.4, -0.2) is 46.7 Å². The Morgan fingerprint density at radius 1 is 1.43 bits per heavy atom. The highest BCUT2D eigenvalue weighted by atomic mass is 16.5. The second kappa shape index (κ2) is 7.04. The Bertz CT molecular complexity index is 542. The fourth-order valence-corrected chi connectivity index (χ4v) is 4.55. The molecule has 0 N–H and O–H groups in total. The van der Waals surface area contributed by atoms with Crippen LogP contribution in [0.2, 0.25) is 0 Å². The predicted octanol–water partition coefficient (Wildman–Crippen LogP) is 2.64. The van der Waals surface area contributed by atoms with Gasteiger partial charge in [0.2, 0.25) is 5.91 Å². The molecule has 3 rings (SSSR count). The van der Waals surface area contributed by atoms with Crippen molar-refractivity contribution in [3.05, 3.63) is 18.2 Å². The van der Waals surface area contributed by atoms with Crippen molar-refractivity contribution in [3.63, 3.8) is 0 Å². The molecule has 1 spiro atoms. The van der Waals surface area contributed by atoms with E-state index in [0.29, 0.717) is 12.5 Å². The fraction of sp³-hybridized carbons (Fsp3) is 0.778. The van der Waals surface area contributed by atoms with Crippen LogP contribution in [0.4, 0.5) is 0 Å². The summed E-state index contributed by atoms with van der Waals surface area (Å²) < 4.78 is 7.83. The van der Waals surface area contributed by atoms with Crippen LogP contribution >= 0.6 is 0 Å². The Labute approximate surface area is 139 Å². The average Bonchev–Trinajstić information content (AvgIpc) is 3.19. The molecular weight excluding hydrogens is 290 g/mol. The summed E-state index contributed by atoms with van der Waals surface area (Å²) in [4.78, 5) is 19.1. The third-order valence-corrected chi connectivity index (χ3v) is 5.75. The van der Waals surface area contributed by atoms with Gasteiger partial charge in [0, 0.05) is 57.4 Å². The lowest BCUT2D eigenvalue weighted by Crippen LogP contribution is -2.49. The molecule has 1 aromatic heterocycles. The van der Waals surface area contributed by atoms with Gasteiger partial charge < -0.3 is 14.2 Å². The Kier molecular flexibility index (Phi) is 5.05. The number of carbonyl (C=O) groups excluding carboxylic acids is 1. The number of imidazole rings is 1. The highest BCUT2D eigenvalue weighted by Gasteiger charge is 2.46. The topological polar surface area (TPSA) is 47.4 Å². The van der Waals surface area contributed by atoms with Gasteiger partial charge in [-0.05, 0) is 25.7 Å². The number of aromatic nitrogens is 2. The van der Waals surface area contributed by atoms with Crippen LogP contribution in [-0.2, 0) is 22.5 Å². The van der Waals surface area contributed by atoms with Crippen molar-refractivity contribution >= 4 is 5.91 Å². The molecule has 2 heterocycles. The maximum atomic E-state index is 12.7. The van der Waals surface area contributed by atoms with E-state index in [9.17, 15) is 4.79 Å². The van der Waals surface area contributed by atoms with E-state index >= 15 is 0 Å². The molecule has 1 amide bonds. The van der Waals surface area contributed by atoms with E-state index in [-0.39, 0.29) is 11.3 Å². The monoisotopic (exact) mass is 319 g/mol. The van der Waals surface area contributed by atoms with E-state index in [4.69, 9.17) is 4.74 Å². The van der Waals surface area contributed by atoms with Gasteiger partial charge in [-0.2, -0.15) is 0 Å². The first-order valence-electron chi connectivity index (χ1n) is 8.99. The Balaban J connectivity index is 1.59. The minimum absolute atomic E-state index is 0.215. The van der Waals surface area contributed by atoms with Gasteiger partial charge in [0.05, 0.1) is 6.10 Å². The summed E-state index contributed by atoms with van der Waals surface area (Å²) in [5.74, 6) is 1.34. The summed E-state index contributed by atoms with van der Waals surface area (Å²) in [5.41, 5.74) is 0.215. The zero-order valence-corrected chi connectivity index (χ0v) is 14.5. The number of likely N-dealkylation sites (tertiary alicyclic amines) is 1. The number of hydrogen-bond acceptors (Lipinski definition) is 3. The molecule has 128 valence electrons. The molecule has 0 bridgehead atoms. The quantitative estimate of drug-likeness (QED) is 0.838. The summed E-state index contributed by atoms with van der Waals surface area (Å²) >= 11 is 0. The smallest absolute Gasteiger partial charge is 0.224 e. The van der Waals surface area contributed by atoms with Crippen LogP contribution in [0.3, 0.4) is 0 Å². The molecule has 5 heteroatoms. The Morgan fingerprint density at radius 2 is 2.26 bits per heavy atom. The highest BCUT2D eigenvalue weighted by molar-refractivity contribution is 5.76. The normalized spacial score (nSPS) is 27.7. The number of carbonyl (C=O) groups is 1. The molecule has 1 aliphatic heterocycles. The lowest BCUT2D eigenvalue weighted by Gasteiger charge is -2.43. The fourth-order valence-electron chi connectivity index (χ4n) is 4.55. The van der Waals surface area contributed by atoms with Crippen molar-refractivity contribution in [2.45, 2.75) is 64.5 Å². The lowest BCUT2D eigenvalue weighted by atomic mass is 9.76. The Hall–Kier alpha value is -1.36. The van der Waals surface area contributed by atoms with E-state index in [1.807, 2.05) is 19.5 Å². The third-order valence-electron chi connectivity index (χ3n) is 5.75. The molecule has 1 aromatic rings. The zero-order valence-electron chi connectivity index (χ0n) is 14.5. The van der Waals surface area contributed by atoms with Gasteiger partial charge in [0.25, 0.3) is 0 Å². The molecule has 2 aliphatic rings. The van der Waals surface area contributed by atoms with E-state index in [1.165, 1.54) is 19.3 Å². The minimum atomic E-state index is 0.215. The van der Waals surface area contributed by atoms with Crippen LogP contribution in [0, 0.1) is 5.41 Å². The standard InChI is InChI=1S/C18H29N3O2/c1-3-16-19-10-13-20(16)12-7-17(22)21-11-5-9-18(14-21)8-4-6-15(18)23-2/h10,13,15H,3-9,11-12,14H2,1-2H3/t15-,18-/m1/s1. The summed E-state index contributed by atoms with van der Waals surface area (Å²) in [6, 6.07) is 0. The van der Waals surface area contributed by atoms with Crippen molar-refractivity contribution in [3.8, 4) is 0 Å².